The first-order valence-corrected chi connectivity index (χ1v) is 4.24. The molecule has 6 heteroatoms. The molecular weight excluding hydrogens is 200 g/mol. The molecule has 0 spiro atoms. The van der Waals surface area contributed by atoms with E-state index < -0.39 is 11.9 Å². The number of carboxylic acid groups (broad SMARTS) is 1. The van der Waals surface area contributed by atoms with Crippen LogP contribution < -0.4 is 5.73 Å². The van der Waals surface area contributed by atoms with E-state index in [4.69, 9.17) is 15.6 Å². The maximum Gasteiger partial charge on any atom is 0.337 e. The molecule has 1 amide bonds. The smallest absolute Gasteiger partial charge is 0.337 e. The van der Waals surface area contributed by atoms with Gasteiger partial charge in [0.1, 0.15) is 6.54 Å². The van der Waals surface area contributed by atoms with Gasteiger partial charge >= 0.3 is 5.97 Å². The van der Waals surface area contributed by atoms with Crippen LogP contribution in [0.25, 0.3) is 0 Å². The van der Waals surface area contributed by atoms with E-state index in [1.54, 1.807) is 0 Å². The highest BCUT2D eigenvalue weighted by Crippen LogP contribution is 2.12. The highest BCUT2D eigenvalue weighted by Gasteiger charge is 2.15. The number of aromatic carboxylic acids is 1. The lowest BCUT2D eigenvalue weighted by molar-refractivity contribution is -0.118. The van der Waals surface area contributed by atoms with Gasteiger partial charge in [0.15, 0.2) is 0 Å². The maximum absolute atomic E-state index is 10.8. The van der Waals surface area contributed by atoms with Gasteiger partial charge < -0.3 is 20.1 Å². The van der Waals surface area contributed by atoms with Crippen LogP contribution in [0.5, 0.6) is 0 Å². The van der Waals surface area contributed by atoms with Crippen molar-refractivity contribution in [3.8, 4) is 0 Å². The predicted octanol–water partition coefficient (Wildman–Crippen LogP) is -0.182. The Bertz CT molecular complexity index is 383. The standard InChI is InChI=1S/C9H12N2O4/c1-15-5-7-6(9(13)14)2-3-11(7)4-8(10)12/h2-3H,4-5H2,1H3,(H2,10,12)(H,13,14). The molecule has 0 aromatic carbocycles. The van der Waals surface area contributed by atoms with Crippen LogP contribution in [0.3, 0.4) is 0 Å². The molecule has 3 N–H and O–H groups in total. The van der Waals surface area contributed by atoms with E-state index >= 15 is 0 Å². The lowest BCUT2D eigenvalue weighted by Crippen LogP contribution is -2.20. The zero-order chi connectivity index (χ0) is 11.4. The van der Waals surface area contributed by atoms with Gasteiger partial charge in [-0.15, -0.1) is 0 Å². The molecule has 1 aromatic heterocycles. The molecule has 1 aromatic rings. The fourth-order valence-corrected chi connectivity index (χ4v) is 1.31. The summed E-state index contributed by atoms with van der Waals surface area (Å²) in [7, 11) is 1.45. The predicted molar refractivity (Wildman–Crippen MR) is 51.3 cm³/mol. The molecule has 0 saturated heterocycles. The molecule has 1 heterocycles. The van der Waals surface area contributed by atoms with Gasteiger partial charge in [-0.05, 0) is 6.07 Å². The van der Waals surface area contributed by atoms with Crippen molar-refractivity contribution in [1.29, 1.82) is 0 Å². The first kappa shape index (κ1) is 11.3. The Labute approximate surface area is 86.2 Å². The Kier molecular flexibility index (Phi) is 3.46. The molecule has 0 aliphatic rings. The zero-order valence-corrected chi connectivity index (χ0v) is 8.27. The highest BCUT2D eigenvalue weighted by atomic mass is 16.5. The summed E-state index contributed by atoms with van der Waals surface area (Å²) in [6.45, 7) is 0.0773. The number of carbonyl (C=O) groups is 2. The molecule has 82 valence electrons. The molecule has 15 heavy (non-hydrogen) atoms. The van der Waals surface area contributed by atoms with Crippen molar-refractivity contribution in [2.45, 2.75) is 13.2 Å². The zero-order valence-electron chi connectivity index (χ0n) is 8.27. The van der Waals surface area contributed by atoms with Crippen LogP contribution in [0, 0.1) is 0 Å². The van der Waals surface area contributed by atoms with Gasteiger partial charge in [-0.2, -0.15) is 0 Å². The van der Waals surface area contributed by atoms with Crippen molar-refractivity contribution >= 4 is 11.9 Å². The van der Waals surface area contributed by atoms with Gasteiger partial charge in [-0.25, -0.2) is 4.79 Å². The Morgan fingerprint density at radius 1 is 1.60 bits per heavy atom. The second kappa shape index (κ2) is 4.61. The molecule has 0 bridgehead atoms. The van der Waals surface area contributed by atoms with Crippen molar-refractivity contribution in [3.63, 3.8) is 0 Å². The van der Waals surface area contributed by atoms with E-state index in [0.717, 1.165) is 0 Å². The summed E-state index contributed by atoms with van der Waals surface area (Å²) in [5.74, 6) is -1.58. The summed E-state index contributed by atoms with van der Waals surface area (Å²) >= 11 is 0. The number of primary amides is 1. The van der Waals surface area contributed by atoms with E-state index in [1.165, 1.54) is 23.9 Å². The number of amides is 1. The summed E-state index contributed by atoms with van der Waals surface area (Å²) in [5, 5.41) is 8.85. The van der Waals surface area contributed by atoms with Gasteiger partial charge in [-0.3, -0.25) is 4.79 Å². The van der Waals surface area contributed by atoms with Crippen molar-refractivity contribution in [2.75, 3.05) is 7.11 Å². The number of hydrogen-bond donors (Lipinski definition) is 2. The second-order valence-electron chi connectivity index (χ2n) is 3.01. The van der Waals surface area contributed by atoms with Crippen molar-refractivity contribution < 1.29 is 19.4 Å². The quantitative estimate of drug-likeness (QED) is 0.707. The van der Waals surface area contributed by atoms with E-state index in [1.807, 2.05) is 0 Å². The molecule has 6 nitrogen and oxygen atoms in total. The van der Waals surface area contributed by atoms with Crippen LogP contribution in [0.15, 0.2) is 12.3 Å². The van der Waals surface area contributed by atoms with Gasteiger partial charge in [-0.1, -0.05) is 0 Å². The molecule has 0 aliphatic carbocycles. The third-order valence-electron chi connectivity index (χ3n) is 1.92. The molecular formula is C9H12N2O4. The van der Waals surface area contributed by atoms with Crippen LogP contribution in [-0.4, -0.2) is 28.7 Å². The minimum absolute atomic E-state index is 0.0496. The summed E-state index contributed by atoms with van der Waals surface area (Å²) in [6.07, 6.45) is 1.50. The van der Waals surface area contributed by atoms with E-state index in [-0.39, 0.29) is 18.7 Å². The number of rotatable bonds is 5. The summed E-state index contributed by atoms with van der Waals surface area (Å²) in [5.41, 5.74) is 5.58. The maximum atomic E-state index is 10.8. The Morgan fingerprint density at radius 3 is 2.73 bits per heavy atom. The SMILES string of the molecule is COCc1c(C(=O)O)ccn1CC(N)=O. The average Bonchev–Trinajstić information content (AvgIpc) is 2.48. The van der Waals surface area contributed by atoms with E-state index in [2.05, 4.69) is 0 Å². The molecule has 0 saturated carbocycles. The normalized spacial score (nSPS) is 10.2. The first-order valence-electron chi connectivity index (χ1n) is 4.24. The van der Waals surface area contributed by atoms with Crippen molar-refractivity contribution in [1.82, 2.24) is 4.57 Å². The number of aromatic nitrogens is 1. The number of methoxy groups -OCH3 is 1. The fourth-order valence-electron chi connectivity index (χ4n) is 1.31. The fraction of sp³-hybridized carbons (Fsp3) is 0.333. The number of nitrogens with two attached hydrogens (primary N) is 1. The van der Waals surface area contributed by atoms with Gasteiger partial charge in [0.25, 0.3) is 0 Å². The lowest BCUT2D eigenvalue weighted by atomic mass is 10.2. The summed E-state index contributed by atoms with van der Waals surface area (Å²) < 4.78 is 6.33. The van der Waals surface area contributed by atoms with Crippen LogP contribution >= 0.6 is 0 Å². The number of hydrogen-bond acceptors (Lipinski definition) is 3. The van der Waals surface area contributed by atoms with Crippen LogP contribution in [0.1, 0.15) is 16.1 Å². The minimum Gasteiger partial charge on any atom is -0.478 e. The van der Waals surface area contributed by atoms with Crippen LogP contribution in [-0.2, 0) is 22.7 Å². The minimum atomic E-state index is -1.05. The molecule has 1 rings (SSSR count). The topological polar surface area (TPSA) is 94.6 Å². The lowest BCUT2D eigenvalue weighted by Gasteiger charge is -2.07. The Hall–Kier alpha value is -1.82. The summed E-state index contributed by atoms with van der Waals surface area (Å²) in [6, 6.07) is 1.42. The largest absolute Gasteiger partial charge is 0.478 e. The molecule has 0 fully saturated rings. The number of ether oxygens (including phenoxy) is 1. The number of carbonyl (C=O) groups excluding carboxylic acids is 1. The van der Waals surface area contributed by atoms with E-state index in [9.17, 15) is 9.59 Å². The van der Waals surface area contributed by atoms with Crippen LogP contribution in [0.4, 0.5) is 0 Å². The third kappa shape index (κ3) is 2.57. The molecule has 0 unspecified atom stereocenters. The number of carboxylic acids is 1. The van der Waals surface area contributed by atoms with Crippen molar-refractivity contribution in [2.24, 2.45) is 5.73 Å². The van der Waals surface area contributed by atoms with Gasteiger partial charge in [0.2, 0.25) is 5.91 Å². The number of nitrogens with zero attached hydrogens (tertiary/aromatic N) is 1. The first-order chi connectivity index (χ1) is 7.06. The van der Waals surface area contributed by atoms with Gasteiger partial charge in [0.05, 0.1) is 17.9 Å². The molecule has 0 aliphatic heterocycles. The third-order valence-corrected chi connectivity index (χ3v) is 1.92. The molecule has 0 atom stereocenters. The Morgan fingerprint density at radius 2 is 2.27 bits per heavy atom. The summed E-state index contributed by atoms with van der Waals surface area (Å²) in [4.78, 5) is 21.5. The van der Waals surface area contributed by atoms with Crippen LogP contribution in [0.2, 0.25) is 0 Å². The second-order valence-corrected chi connectivity index (χ2v) is 3.01. The van der Waals surface area contributed by atoms with E-state index in [0.29, 0.717) is 5.69 Å². The Balaban J connectivity index is 3.05. The monoisotopic (exact) mass is 212 g/mol. The molecule has 0 radical (unpaired) electrons. The highest BCUT2D eigenvalue weighted by molar-refractivity contribution is 5.89. The van der Waals surface area contributed by atoms with Gasteiger partial charge in [0, 0.05) is 13.3 Å². The van der Waals surface area contributed by atoms with Crippen molar-refractivity contribution in [3.05, 3.63) is 23.5 Å². The average molecular weight is 212 g/mol.